The molecular formula is C13H26N4. The normalized spacial score (nSPS) is 16.2. The van der Waals surface area contributed by atoms with E-state index < -0.39 is 0 Å². The number of aromatic nitrogens is 3. The summed E-state index contributed by atoms with van der Waals surface area (Å²) in [4.78, 5) is 4.21. The van der Waals surface area contributed by atoms with E-state index in [1.807, 2.05) is 18.5 Å². The molecule has 1 aliphatic carbocycles. The van der Waals surface area contributed by atoms with Gasteiger partial charge in [-0.05, 0) is 25.7 Å². The minimum atomic E-state index is 0.780. The molecule has 0 amide bonds. The van der Waals surface area contributed by atoms with Gasteiger partial charge in [0, 0.05) is 13.1 Å². The second-order valence-corrected chi connectivity index (χ2v) is 4.31. The molecule has 4 nitrogen and oxygen atoms in total. The summed E-state index contributed by atoms with van der Waals surface area (Å²) in [6.45, 7) is 7.99. The van der Waals surface area contributed by atoms with Gasteiger partial charge in [-0.3, -0.25) is 4.68 Å². The highest BCUT2D eigenvalue weighted by Crippen LogP contribution is 2.23. The molecule has 0 bridgehead atoms. The van der Waals surface area contributed by atoms with E-state index in [0.717, 1.165) is 25.0 Å². The predicted molar refractivity (Wildman–Crippen MR) is 72.1 cm³/mol. The predicted octanol–water partition coefficient (Wildman–Crippen LogP) is 3.32. The van der Waals surface area contributed by atoms with E-state index in [1.54, 1.807) is 6.33 Å². The molecule has 98 valence electrons. The first-order chi connectivity index (χ1) is 8.38. The van der Waals surface area contributed by atoms with Crippen molar-refractivity contribution in [3.8, 4) is 0 Å². The van der Waals surface area contributed by atoms with E-state index in [1.165, 1.54) is 32.1 Å². The molecule has 0 aliphatic heterocycles. The summed E-state index contributed by atoms with van der Waals surface area (Å²) in [6.07, 6.45) is 8.71. The van der Waals surface area contributed by atoms with Gasteiger partial charge in [0.1, 0.15) is 6.33 Å². The van der Waals surface area contributed by atoms with Crippen molar-refractivity contribution < 1.29 is 0 Å². The minimum Gasteiger partial charge on any atom is -0.353 e. The first-order valence-corrected chi connectivity index (χ1v) is 7.02. The van der Waals surface area contributed by atoms with Gasteiger partial charge in [0.2, 0.25) is 5.95 Å². The third-order valence-electron chi connectivity index (χ3n) is 3.13. The van der Waals surface area contributed by atoms with Crippen LogP contribution in [-0.2, 0) is 6.54 Å². The molecule has 0 unspecified atom stereocenters. The highest BCUT2D eigenvalue weighted by molar-refractivity contribution is 5.20. The average molecular weight is 238 g/mol. The van der Waals surface area contributed by atoms with Crippen LogP contribution in [0.3, 0.4) is 0 Å². The largest absolute Gasteiger partial charge is 0.353 e. The maximum Gasteiger partial charge on any atom is 0.242 e. The zero-order valence-electron chi connectivity index (χ0n) is 11.4. The van der Waals surface area contributed by atoms with Crippen LogP contribution >= 0.6 is 0 Å². The van der Waals surface area contributed by atoms with E-state index >= 15 is 0 Å². The molecule has 1 heterocycles. The summed E-state index contributed by atoms with van der Waals surface area (Å²) in [5, 5.41) is 7.63. The average Bonchev–Trinajstić information content (AvgIpc) is 2.88. The van der Waals surface area contributed by atoms with Gasteiger partial charge in [-0.15, -0.1) is 5.10 Å². The summed E-state index contributed by atoms with van der Waals surface area (Å²) in [5.41, 5.74) is 0. The van der Waals surface area contributed by atoms with Gasteiger partial charge >= 0.3 is 0 Å². The van der Waals surface area contributed by atoms with E-state index in [4.69, 9.17) is 0 Å². The van der Waals surface area contributed by atoms with Crippen molar-refractivity contribution in [2.75, 3.05) is 11.9 Å². The zero-order valence-corrected chi connectivity index (χ0v) is 11.4. The number of nitrogens with one attached hydrogen (secondary N) is 1. The van der Waals surface area contributed by atoms with Crippen molar-refractivity contribution >= 4 is 5.95 Å². The molecule has 1 aliphatic rings. The van der Waals surface area contributed by atoms with E-state index in [0.29, 0.717) is 0 Å². The Bertz CT molecular complexity index is 289. The lowest BCUT2D eigenvalue weighted by Gasteiger charge is -2.21. The van der Waals surface area contributed by atoms with Crippen LogP contribution in [-0.4, -0.2) is 21.3 Å². The second kappa shape index (κ2) is 8.09. The van der Waals surface area contributed by atoms with Crippen molar-refractivity contribution in [1.29, 1.82) is 0 Å². The Balaban J connectivity index is 0.000000686. The monoisotopic (exact) mass is 238 g/mol. The van der Waals surface area contributed by atoms with Crippen molar-refractivity contribution in [1.82, 2.24) is 14.8 Å². The van der Waals surface area contributed by atoms with E-state index in [-0.39, 0.29) is 0 Å². The second-order valence-electron chi connectivity index (χ2n) is 4.31. The van der Waals surface area contributed by atoms with Crippen LogP contribution in [0.5, 0.6) is 0 Å². The Morgan fingerprint density at radius 2 is 2.00 bits per heavy atom. The van der Waals surface area contributed by atoms with Crippen molar-refractivity contribution in [2.24, 2.45) is 5.92 Å². The molecular weight excluding hydrogens is 212 g/mol. The van der Waals surface area contributed by atoms with E-state index in [2.05, 4.69) is 22.3 Å². The minimum absolute atomic E-state index is 0.780. The van der Waals surface area contributed by atoms with Crippen molar-refractivity contribution in [2.45, 2.75) is 59.4 Å². The first kappa shape index (κ1) is 14.0. The fourth-order valence-electron chi connectivity index (χ4n) is 2.15. The lowest BCUT2D eigenvalue weighted by molar-refractivity contribution is 0.373. The van der Waals surface area contributed by atoms with Crippen LogP contribution in [0, 0.1) is 5.92 Å². The molecule has 17 heavy (non-hydrogen) atoms. The summed E-state index contributed by atoms with van der Waals surface area (Å²) < 4.78 is 1.85. The standard InChI is InChI=1S/C11H20N4.C2H6/c1-2-15-9-13-11(14-15)12-8-10-6-4-3-5-7-10;1-2/h9-10H,2-8H2,1H3,(H,12,14);1-2H3. The number of anilines is 1. The van der Waals surface area contributed by atoms with Crippen molar-refractivity contribution in [3.05, 3.63) is 6.33 Å². The lowest BCUT2D eigenvalue weighted by atomic mass is 9.89. The smallest absolute Gasteiger partial charge is 0.242 e. The topological polar surface area (TPSA) is 42.7 Å². The fraction of sp³-hybridized carbons (Fsp3) is 0.846. The molecule has 1 N–H and O–H groups in total. The van der Waals surface area contributed by atoms with Gasteiger partial charge in [-0.1, -0.05) is 33.1 Å². The number of aryl methyl sites for hydroxylation is 1. The van der Waals surface area contributed by atoms with E-state index in [9.17, 15) is 0 Å². The van der Waals surface area contributed by atoms with Gasteiger partial charge in [0.25, 0.3) is 0 Å². The summed E-state index contributed by atoms with van der Waals surface area (Å²) in [6, 6.07) is 0. The number of nitrogens with zero attached hydrogens (tertiary/aromatic N) is 3. The Morgan fingerprint density at radius 3 is 2.59 bits per heavy atom. The lowest BCUT2D eigenvalue weighted by Crippen LogP contribution is -2.17. The molecule has 1 aromatic rings. The fourth-order valence-corrected chi connectivity index (χ4v) is 2.15. The quantitative estimate of drug-likeness (QED) is 0.875. The maximum absolute atomic E-state index is 4.31. The molecule has 0 aromatic carbocycles. The van der Waals surface area contributed by atoms with Gasteiger partial charge in [0.05, 0.1) is 0 Å². The van der Waals surface area contributed by atoms with Gasteiger partial charge in [-0.25, -0.2) is 4.98 Å². The summed E-state index contributed by atoms with van der Waals surface area (Å²) in [5.74, 6) is 1.61. The molecule has 0 radical (unpaired) electrons. The van der Waals surface area contributed by atoms with Crippen LogP contribution in [0.1, 0.15) is 52.9 Å². The zero-order chi connectivity index (χ0) is 12.5. The molecule has 0 saturated heterocycles. The number of rotatable bonds is 4. The Labute approximate surface area is 105 Å². The van der Waals surface area contributed by atoms with Crippen molar-refractivity contribution in [3.63, 3.8) is 0 Å². The van der Waals surface area contributed by atoms with Crippen LogP contribution < -0.4 is 5.32 Å². The highest BCUT2D eigenvalue weighted by Gasteiger charge is 2.13. The summed E-state index contributed by atoms with van der Waals surface area (Å²) >= 11 is 0. The van der Waals surface area contributed by atoms with Crippen LogP contribution in [0.2, 0.25) is 0 Å². The molecule has 0 atom stereocenters. The molecule has 1 saturated carbocycles. The van der Waals surface area contributed by atoms with Crippen LogP contribution in [0.25, 0.3) is 0 Å². The number of hydrogen-bond acceptors (Lipinski definition) is 3. The Morgan fingerprint density at radius 1 is 1.29 bits per heavy atom. The van der Waals surface area contributed by atoms with Crippen LogP contribution in [0.15, 0.2) is 6.33 Å². The Hall–Kier alpha value is -1.06. The summed E-state index contributed by atoms with van der Waals surface area (Å²) in [7, 11) is 0. The molecule has 4 heteroatoms. The third-order valence-corrected chi connectivity index (χ3v) is 3.13. The van der Waals surface area contributed by atoms with Gasteiger partial charge in [-0.2, -0.15) is 0 Å². The molecule has 1 aromatic heterocycles. The maximum atomic E-state index is 4.31. The SMILES string of the molecule is CC.CCn1cnc(NCC2CCCCC2)n1. The van der Waals surface area contributed by atoms with Gasteiger partial charge < -0.3 is 5.32 Å². The van der Waals surface area contributed by atoms with Gasteiger partial charge in [0.15, 0.2) is 0 Å². The number of hydrogen-bond donors (Lipinski definition) is 1. The third kappa shape index (κ3) is 4.75. The van der Waals surface area contributed by atoms with Crippen LogP contribution in [0.4, 0.5) is 5.95 Å². The highest BCUT2D eigenvalue weighted by atomic mass is 15.4. The molecule has 1 fully saturated rings. The Kier molecular flexibility index (Phi) is 6.67. The first-order valence-electron chi connectivity index (χ1n) is 7.02. The molecule has 2 rings (SSSR count). The molecule has 0 spiro atoms.